The molecule has 2 aromatic carbocycles. The zero-order chi connectivity index (χ0) is 16.5. The van der Waals surface area contributed by atoms with Crippen LogP contribution in [0.2, 0.25) is 0 Å². The van der Waals surface area contributed by atoms with Gasteiger partial charge in [-0.05, 0) is 50.2 Å². The van der Waals surface area contributed by atoms with Gasteiger partial charge in [0.05, 0.1) is 17.2 Å². The molecule has 0 fully saturated rings. The van der Waals surface area contributed by atoms with Gasteiger partial charge < -0.3 is 4.90 Å². The Bertz CT molecular complexity index is 984. The van der Waals surface area contributed by atoms with Crippen LogP contribution in [0.3, 0.4) is 0 Å². The Morgan fingerprint density at radius 3 is 2.42 bits per heavy atom. The van der Waals surface area contributed by atoms with Crippen molar-refractivity contribution >= 4 is 22.4 Å². The summed E-state index contributed by atoms with van der Waals surface area (Å²) < 4.78 is 2.06. The van der Waals surface area contributed by atoms with Gasteiger partial charge in [-0.25, -0.2) is 0 Å². The van der Waals surface area contributed by atoms with Gasteiger partial charge >= 0.3 is 0 Å². The lowest BCUT2D eigenvalue weighted by atomic mass is 10.1. The number of anilines is 1. The molecule has 5 nitrogen and oxygen atoms in total. The second-order valence-corrected chi connectivity index (χ2v) is 5.68. The molecule has 0 radical (unpaired) electrons. The molecule has 0 aliphatic rings. The third kappa shape index (κ3) is 2.29. The Morgan fingerprint density at radius 2 is 1.67 bits per heavy atom. The van der Waals surface area contributed by atoms with E-state index in [0.717, 1.165) is 41.2 Å². The summed E-state index contributed by atoms with van der Waals surface area (Å²) >= 11 is 0. The molecular formula is C19H19N5. The van der Waals surface area contributed by atoms with E-state index in [-0.39, 0.29) is 0 Å². The first-order chi connectivity index (χ1) is 11.8. The molecule has 0 N–H and O–H groups in total. The molecule has 0 aliphatic carbocycles. The van der Waals surface area contributed by atoms with E-state index in [2.05, 4.69) is 62.6 Å². The Balaban J connectivity index is 1.86. The quantitative estimate of drug-likeness (QED) is 0.574. The molecule has 0 amide bonds. The largest absolute Gasteiger partial charge is 0.372 e. The van der Waals surface area contributed by atoms with E-state index in [1.54, 1.807) is 6.20 Å². The number of fused-ring (bicyclic) bond motifs is 3. The van der Waals surface area contributed by atoms with Crippen molar-refractivity contribution in [3.63, 3.8) is 0 Å². The minimum Gasteiger partial charge on any atom is -0.372 e. The van der Waals surface area contributed by atoms with E-state index in [9.17, 15) is 0 Å². The molecule has 2 aromatic heterocycles. The Hall–Kier alpha value is -2.95. The molecule has 0 saturated carbocycles. The average molecular weight is 317 g/mol. The first-order valence-electron chi connectivity index (χ1n) is 8.26. The number of nitrogens with zero attached hydrogens (tertiary/aromatic N) is 5. The minimum atomic E-state index is 0.761. The van der Waals surface area contributed by atoms with Crippen molar-refractivity contribution in [1.29, 1.82) is 0 Å². The lowest BCUT2D eigenvalue weighted by molar-refractivity contribution is 0.866. The van der Waals surface area contributed by atoms with Gasteiger partial charge in [0.1, 0.15) is 0 Å². The summed E-state index contributed by atoms with van der Waals surface area (Å²) in [5.41, 5.74) is 4.99. The highest BCUT2D eigenvalue weighted by molar-refractivity contribution is 5.80. The first-order valence-corrected chi connectivity index (χ1v) is 8.26. The Morgan fingerprint density at radius 1 is 0.917 bits per heavy atom. The predicted octanol–water partition coefficient (Wildman–Crippen LogP) is 3.79. The molecule has 4 rings (SSSR count). The Kier molecular flexibility index (Phi) is 3.61. The molecule has 24 heavy (non-hydrogen) atoms. The SMILES string of the molecule is CCN(CC)c1ccc(-c2nnc3cnc4ccccc4n23)cc1. The summed E-state index contributed by atoms with van der Waals surface area (Å²) in [6, 6.07) is 16.6. The molecule has 0 spiro atoms. The Labute approximate surface area is 140 Å². The fourth-order valence-electron chi connectivity index (χ4n) is 3.10. The van der Waals surface area contributed by atoms with Gasteiger partial charge in [-0.1, -0.05) is 12.1 Å². The number of aromatic nitrogens is 4. The topological polar surface area (TPSA) is 46.3 Å². The second-order valence-electron chi connectivity index (χ2n) is 5.68. The standard InChI is InChI=1S/C19H19N5/c1-3-23(4-2)15-11-9-14(10-12-15)19-22-21-18-13-20-16-7-5-6-8-17(16)24(18)19/h5-13H,3-4H2,1-2H3. The smallest absolute Gasteiger partial charge is 0.180 e. The van der Waals surface area contributed by atoms with Gasteiger partial charge in [0.15, 0.2) is 11.5 Å². The van der Waals surface area contributed by atoms with Crippen molar-refractivity contribution < 1.29 is 0 Å². The molecule has 0 atom stereocenters. The van der Waals surface area contributed by atoms with Gasteiger partial charge in [0, 0.05) is 24.3 Å². The maximum absolute atomic E-state index is 4.45. The van der Waals surface area contributed by atoms with Crippen LogP contribution in [0, 0.1) is 0 Å². The fraction of sp³-hybridized carbons (Fsp3) is 0.211. The highest BCUT2D eigenvalue weighted by atomic mass is 15.3. The summed E-state index contributed by atoms with van der Waals surface area (Å²) in [6.07, 6.45) is 1.77. The lowest BCUT2D eigenvalue weighted by Gasteiger charge is -2.21. The van der Waals surface area contributed by atoms with Crippen LogP contribution in [-0.4, -0.2) is 32.7 Å². The number of benzene rings is 2. The van der Waals surface area contributed by atoms with Gasteiger partial charge in [-0.2, -0.15) is 0 Å². The van der Waals surface area contributed by atoms with E-state index < -0.39 is 0 Å². The van der Waals surface area contributed by atoms with Crippen LogP contribution in [0.5, 0.6) is 0 Å². The summed E-state index contributed by atoms with van der Waals surface area (Å²) in [4.78, 5) is 6.77. The predicted molar refractivity (Wildman–Crippen MR) is 97.3 cm³/mol. The van der Waals surface area contributed by atoms with Crippen molar-refractivity contribution in [2.24, 2.45) is 0 Å². The van der Waals surface area contributed by atoms with Gasteiger partial charge in [-0.15, -0.1) is 10.2 Å². The van der Waals surface area contributed by atoms with Crippen LogP contribution < -0.4 is 4.90 Å². The molecular weight excluding hydrogens is 298 g/mol. The summed E-state index contributed by atoms with van der Waals surface area (Å²) in [5.74, 6) is 0.842. The third-order valence-electron chi connectivity index (χ3n) is 4.38. The molecule has 0 bridgehead atoms. The maximum atomic E-state index is 4.45. The van der Waals surface area contributed by atoms with Crippen LogP contribution in [0.1, 0.15) is 13.8 Å². The normalized spacial score (nSPS) is 11.2. The molecule has 0 aliphatic heterocycles. The van der Waals surface area contributed by atoms with Crippen LogP contribution in [0.25, 0.3) is 28.1 Å². The second kappa shape index (κ2) is 5.92. The van der Waals surface area contributed by atoms with Crippen molar-refractivity contribution in [2.45, 2.75) is 13.8 Å². The highest BCUT2D eigenvalue weighted by Crippen LogP contribution is 2.25. The molecule has 0 saturated heterocycles. The summed E-state index contributed by atoms with van der Waals surface area (Å²) in [7, 11) is 0. The van der Waals surface area contributed by atoms with E-state index in [1.807, 2.05) is 24.3 Å². The monoisotopic (exact) mass is 317 g/mol. The maximum Gasteiger partial charge on any atom is 0.180 e. The number of para-hydroxylation sites is 2. The van der Waals surface area contributed by atoms with E-state index in [1.165, 1.54) is 5.69 Å². The first kappa shape index (κ1) is 14.6. The third-order valence-corrected chi connectivity index (χ3v) is 4.38. The van der Waals surface area contributed by atoms with Crippen LogP contribution in [-0.2, 0) is 0 Å². The zero-order valence-electron chi connectivity index (χ0n) is 13.8. The highest BCUT2D eigenvalue weighted by Gasteiger charge is 2.12. The number of hydrogen-bond donors (Lipinski definition) is 0. The van der Waals surface area contributed by atoms with E-state index >= 15 is 0 Å². The van der Waals surface area contributed by atoms with Gasteiger partial charge in [0.2, 0.25) is 0 Å². The van der Waals surface area contributed by atoms with Crippen molar-refractivity contribution in [1.82, 2.24) is 19.6 Å². The van der Waals surface area contributed by atoms with Gasteiger partial charge in [-0.3, -0.25) is 9.38 Å². The molecule has 5 heteroatoms. The van der Waals surface area contributed by atoms with E-state index in [0.29, 0.717) is 0 Å². The van der Waals surface area contributed by atoms with Crippen molar-refractivity contribution in [3.8, 4) is 11.4 Å². The minimum absolute atomic E-state index is 0.761. The molecule has 2 heterocycles. The van der Waals surface area contributed by atoms with Crippen LogP contribution in [0.4, 0.5) is 5.69 Å². The number of hydrogen-bond acceptors (Lipinski definition) is 4. The lowest BCUT2D eigenvalue weighted by Crippen LogP contribution is -2.21. The number of rotatable bonds is 4. The fourth-order valence-corrected chi connectivity index (χ4v) is 3.10. The van der Waals surface area contributed by atoms with Crippen molar-refractivity contribution in [3.05, 3.63) is 54.7 Å². The van der Waals surface area contributed by atoms with Gasteiger partial charge in [0.25, 0.3) is 0 Å². The molecule has 120 valence electrons. The zero-order valence-corrected chi connectivity index (χ0v) is 13.8. The summed E-state index contributed by atoms with van der Waals surface area (Å²) in [5, 5.41) is 8.66. The van der Waals surface area contributed by atoms with E-state index in [4.69, 9.17) is 0 Å². The molecule has 0 unspecified atom stereocenters. The van der Waals surface area contributed by atoms with Crippen LogP contribution in [0.15, 0.2) is 54.7 Å². The van der Waals surface area contributed by atoms with Crippen LogP contribution >= 0.6 is 0 Å². The molecule has 4 aromatic rings. The average Bonchev–Trinajstić information content (AvgIpc) is 3.08. The summed E-state index contributed by atoms with van der Waals surface area (Å²) in [6.45, 7) is 6.34. The van der Waals surface area contributed by atoms with Crippen molar-refractivity contribution in [2.75, 3.05) is 18.0 Å².